The molecule has 0 saturated carbocycles. The molecule has 2 aromatic rings. The molecule has 1 heterocycles. The van der Waals surface area contributed by atoms with E-state index in [-0.39, 0.29) is 41.2 Å². The highest BCUT2D eigenvalue weighted by atomic mass is 79.9. The fourth-order valence-electron chi connectivity index (χ4n) is 1.97. The van der Waals surface area contributed by atoms with Crippen molar-refractivity contribution in [3.05, 3.63) is 46.0 Å². The van der Waals surface area contributed by atoms with E-state index >= 15 is 0 Å². The van der Waals surface area contributed by atoms with E-state index in [0.29, 0.717) is 17.7 Å². The number of aliphatic imine (C=N–C) groups is 1. The summed E-state index contributed by atoms with van der Waals surface area (Å²) >= 11 is 3.05. The van der Waals surface area contributed by atoms with E-state index in [4.69, 9.17) is 9.63 Å². The number of hydrogen-bond acceptors (Lipinski definition) is 6. The molecule has 0 fully saturated rings. The van der Waals surface area contributed by atoms with Gasteiger partial charge in [0.25, 0.3) is 0 Å². The van der Waals surface area contributed by atoms with Crippen molar-refractivity contribution < 1.29 is 24.0 Å². The Kier molecular flexibility index (Phi) is 6.59. The number of aliphatic hydroxyl groups excluding tert-OH is 1. The molecule has 128 valence electrons. The zero-order valence-electron chi connectivity index (χ0n) is 12.5. The van der Waals surface area contributed by atoms with Gasteiger partial charge in [-0.2, -0.15) is 0 Å². The molecule has 0 radical (unpaired) electrons. The van der Waals surface area contributed by atoms with Crippen LogP contribution in [-0.4, -0.2) is 33.7 Å². The molecule has 0 aliphatic heterocycles. The van der Waals surface area contributed by atoms with Gasteiger partial charge in [-0.25, -0.2) is 9.38 Å². The quantitative estimate of drug-likeness (QED) is 0.375. The van der Waals surface area contributed by atoms with Gasteiger partial charge in [-0.15, -0.1) is 0 Å². The molecule has 0 atom stereocenters. The molecular formula is C15H15BrFN3O4. The number of hydroxylamine groups is 1. The number of carbonyl (C=O) groups is 1. The molecular weight excluding hydrogens is 385 g/mol. The minimum absolute atomic E-state index is 0.0344. The first-order valence-electron chi connectivity index (χ1n) is 7.05. The minimum Gasteiger partial charge on any atom is -0.396 e. The van der Waals surface area contributed by atoms with Crippen molar-refractivity contribution in [2.75, 3.05) is 6.61 Å². The molecule has 0 spiro atoms. The van der Waals surface area contributed by atoms with Crippen LogP contribution in [0.2, 0.25) is 0 Å². The second kappa shape index (κ2) is 8.67. The number of nitrogens with zero attached hydrogens (tertiary/aromatic N) is 2. The van der Waals surface area contributed by atoms with Gasteiger partial charge in [-0.1, -0.05) is 5.16 Å². The van der Waals surface area contributed by atoms with Crippen molar-refractivity contribution in [2.24, 2.45) is 4.99 Å². The molecule has 7 nitrogen and oxygen atoms in total. The number of aliphatic hydroxyl groups is 1. The highest BCUT2D eigenvalue weighted by molar-refractivity contribution is 9.10. The predicted octanol–water partition coefficient (Wildman–Crippen LogP) is 2.52. The summed E-state index contributed by atoms with van der Waals surface area (Å²) in [6.45, 7) is -0.0629. The second-order valence-electron chi connectivity index (χ2n) is 4.90. The Morgan fingerprint density at radius 1 is 1.46 bits per heavy atom. The maximum absolute atomic E-state index is 13.3. The van der Waals surface area contributed by atoms with Crippen molar-refractivity contribution in [3.63, 3.8) is 0 Å². The number of halogens is 2. The summed E-state index contributed by atoms with van der Waals surface area (Å²) < 4.78 is 18.3. The number of aromatic nitrogens is 1. The van der Waals surface area contributed by atoms with Crippen LogP contribution in [0.5, 0.6) is 0 Å². The summed E-state index contributed by atoms with van der Waals surface area (Å²) in [5, 5.41) is 21.8. The van der Waals surface area contributed by atoms with Gasteiger partial charge in [-0.3, -0.25) is 15.5 Å². The molecule has 0 amide bonds. The third kappa shape index (κ3) is 4.70. The fraction of sp³-hybridized carbons (Fsp3) is 0.267. The van der Waals surface area contributed by atoms with Crippen LogP contribution < -0.4 is 5.48 Å². The van der Waals surface area contributed by atoms with Crippen molar-refractivity contribution in [1.29, 1.82) is 0 Å². The van der Waals surface area contributed by atoms with Crippen LogP contribution in [-0.2, 0) is 11.2 Å². The highest BCUT2D eigenvalue weighted by Crippen LogP contribution is 2.23. The zero-order chi connectivity index (χ0) is 17.5. The third-order valence-corrected chi connectivity index (χ3v) is 3.73. The Morgan fingerprint density at radius 2 is 2.25 bits per heavy atom. The number of Topliss-reactive ketones (excluding diaryl/α,β-unsaturated/α-hetero) is 1. The third-order valence-electron chi connectivity index (χ3n) is 3.12. The van der Waals surface area contributed by atoms with Crippen LogP contribution in [0.25, 0.3) is 0 Å². The van der Waals surface area contributed by atoms with Crippen LogP contribution in [0, 0.1) is 5.82 Å². The van der Waals surface area contributed by atoms with E-state index in [1.54, 1.807) is 0 Å². The summed E-state index contributed by atoms with van der Waals surface area (Å²) in [5.74, 6) is -0.577. The number of amidine groups is 1. The molecule has 0 unspecified atom stereocenters. The van der Waals surface area contributed by atoms with Gasteiger partial charge < -0.3 is 9.63 Å². The van der Waals surface area contributed by atoms with E-state index in [2.05, 4.69) is 26.1 Å². The summed E-state index contributed by atoms with van der Waals surface area (Å²) in [4.78, 5) is 16.0. The Hall–Kier alpha value is -2.10. The van der Waals surface area contributed by atoms with Gasteiger partial charge in [0.15, 0.2) is 11.5 Å². The number of hydrogen-bond donors (Lipinski definition) is 3. The number of rotatable bonds is 7. The summed E-state index contributed by atoms with van der Waals surface area (Å²) in [7, 11) is 0. The molecule has 1 aromatic heterocycles. The number of carbonyl (C=O) groups excluding carboxylic acids is 1. The Balaban J connectivity index is 2.24. The van der Waals surface area contributed by atoms with E-state index in [1.165, 1.54) is 24.5 Å². The molecule has 9 heteroatoms. The average molecular weight is 400 g/mol. The second-order valence-corrected chi connectivity index (χ2v) is 5.76. The fourth-order valence-corrected chi connectivity index (χ4v) is 2.34. The summed E-state index contributed by atoms with van der Waals surface area (Å²) in [5.41, 5.74) is 2.89. The van der Waals surface area contributed by atoms with Crippen LogP contribution in [0.15, 0.2) is 38.5 Å². The summed E-state index contributed by atoms with van der Waals surface area (Å²) in [6, 6.07) is 4.07. The SMILES string of the molecule is O=C(CCCO)Cc1conc1C(=Nc1ccc(F)c(Br)c1)NO. The predicted molar refractivity (Wildman–Crippen MR) is 86.8 cm³/mol. The molecule has 0 aliphatic carbocycles. The lowest BCUT2D eigenvalue weighted by atomic mass is 10.1. The molecule has 3 N–H and O–H groups in total. The molecule has 0 aliphatic rings. The first kappa shape index (κ1) is 18.2. The topological polar surface area (TPSA) is 108 Å². The van der Waals surface area contributed by atoms with Gasteiger partial charge in [-0.05, 0) is 40.5 Å². The lowest BCUT2D eigenvalue weighted by molar-refractivity contribution is -0.118. The molecule has 0 saturated heterocycles. The first-order chi connectivity index (χ1) is 11.5. The molecule has 2 rings (SSSR count). The smallest absolute Gasteiger partial charge is 0.180 e. The van der Waals surface area contributed by atoms with E-state index in [0.717, 1.165) is 0 Å². The largest absolute Gasteiger partial charge is 0.396 e. The lowest BCUT2D eigenvalue weighted by Gasteiger charge is -2.05. The molecule has 24 heavy (non-hydrogen) atoms. The van der Waals surface area contributed by atoms with Gasteiger partial charge in [0.05, 0.1) is 10.2 Å². The number of ketones is 1. The average Bonchev–Trinajstić information content (AvgIpc) is 3.01. The standard InChI is InChI=1S/C15H15BrFN3O4/c16-12-7-10(3-4-13(12)17)18-15(19-23)14-9(8-24-20-14)6-11(22)2-1-5-21/h3-4,7-8,21,23H,1-2,5-6H2,(H,18,19). The van der Waals surface area contributed by atoms with Gasteiger partial charge in [0.1, 0.15) is 17.9 Å². The van der Waals surface area contributed by atoms with E-state index < -0.39 is 5.82 Å². The Labute approximate surface area is 145 Å². The van der Waals surface area contributed by atoms with E-state index in [9.17, 15) is 14.4 Å². The Bertz CT molecular complexity index is 748. The lowest BCUT2D eigenvalue weighted by Crippen LogP contribution is -2.22. The molecule has 1 aromatic carbocycles. The maximum atomic E-state index is 13.3. The van der Waals surface area contributed by atoms with Gasteiger partial charge >= 0.3 is 0 Å². The van der Waals surface area contributed by atoms with Crippen LogP contribution in [0.3, 0.4) is 0 Å². The number of benzene rings is 1. The monoisotopic (exact) mass is 399 g/mol. The molecule has 0 bridgehead atoms. The highest BCUT2D eigenvalue weighted by Gasteiger charge is 2.17. The van der Waals surface area contributed by atoms with Crippen molar-refractivity contribution in [1.82, 2.24) is 10.6 Å². The van der Waals surface area contributed by atoms with Gasteiger partial charge in [0, 0.05) is 25.0 Å². The van der Waals surface area contributed by atoms with Crippen molar-refractivity contribution in [3.8, 4) is 0 Å². The summed E-state index contributed by atoms with van der Waals surface area (Å²) in [6.07, 6.45) is 1.93. The van der Waals surface area contributed by atoms with Crippen LogP contribution in [0.1, 0.15) is 24.1 Å². The van der Waals surface area contributed by atoms with Crippen LogP contribution in [0.4, 0.5) is 10.1 Å². The van der Waals surface area contributed by atoms with Crippen molar-refractivity contribution in [2.45, 2.75) is 19.3 Å². The van der Waals surface area contributed by atoms with Crippen LogP contribution >= 0.6 is 15.9 Å². The number of nitrogens with one attached hydrogen (secondary N) is 1. The normalized spacial score (nSPS) is 11.6. The minimum atomic E-state index is -0.441. The first-order valence-corrected chi connectivity index (χ1v) is 7.84. The maximum Gasteiger partial charge on any atom is 0.180 e. The van der Waals surface area contributed by atoms with Crippen molar-refractivity contribution >= 4 is 33.2 Å². The zero-order valence-corrected chi connectivity index (χ0v) is 14.1. The van der Waals surface area contributed by atoms with Gasteiger partial charge in [0.2, 0.25) is 0 Å². The van der Waals surface area contributed by atoms with E-state index in [1.807, 2.05) is 5.48 Å². The Morgan fingerprint density at radius 3 is 2.92 bits per heavy atom.